The van der Waals surface area contributed by atoms with Crippen LogP contribution in [0.2, 0.25) is 0 Å². The van der Waals surface area contributed by atoms with Crippen molar-refractivity contribution in [3.8, 4) is 0 Å². The molecule has 1 nitrogen and oxygen atoms in total. The van der Waals surface area contributed by atoms with Gasteiger partial charge < -0.3 is 0 Å². The molecule has 0 aromatic heterocycles. The smallest absolute Gasteiger partial charge is 0.298 e. The lowest BCUT2D eigenvalue weighted by atomic mass is 10.1. The third-order valence-corrected chi connectivity index (χ3v) is 1.61. The van der Waals surface area contributed by atoms with E-state index in [0.717, 1.165) is 0 Å². The Bertz CT molecular complexity index is 409. The molecule has 82 valence electrons. The van der Waals surface area contributed by atoms with Crippen LogP contribution in [-0.2, 0) is 6.18 Å². The molecule has 0 heterocycles. The van der Waals surface area contributed by atoms with Crippen molar-refractivity contribution >= 4 is 6.29 Å². The number of rotatable bonds is 1. The maximum absolute atomic E-state index is 12.9. The van der Waals surface area contributed by atoms with Crippen LogP contribution in [0.15, 0.2) is 6.07 Å². The van der Waals surface area contributed by atoms with E-state index in [9.17, 15) is 31.1 Å². The number of benzene rings is 1. The fourth-order valence-corrected chi connectivity index (χ4v) is 0.933. The number of carbonyl (C=O) groups is 1. The predicted molar refractivity (Wildman–Crippen MR) is 36.7 cm³/mol. The van der Waals surface area contributed by atoms with E-state index in [1.807, 2.05) is 0 Å². The first kappa shape index (κ1) is 11.5. The maximum atomic E-state index is 12.9. The summed E-state index contributed by atoms with van der Waals surface area (Å²) in [5.41, 5.74) is -3.58. The summed E-state index contributed by atoms with van der Waals surface area (Å²) in [4.78, 5) is 10.1. The molecular weight excluding hydrogens is 226 g/mol. The van der Waals surface area contributed by atoms with Gasteiger partial charge >= 0.3 is 6.18 Å². The lowest BCUT2D eigenvalue weighted by Crippen LogP contribution is -2.12. The zero-order chi connectivity index (χ0) is 11.8. The maximum Gasteiger partial charge on any atom is 0.419 e. The van der Waals surface area contributed by atoms with E-state index in [0.29, 0.717) is 0 Å². The average Bonchev–Trinajstić information content (AvgIpc) is 2.10. The second-order valence-corrected chi connectivity index (χ2v) is 2.56. The Morgan fingerprint density at radius 3 is 2.00 bits per heavy atom. The number of hydrogen-bond acceptors (Lipinski definition) is 1. The van der Waals surface area contributed by atoms with Crippen LogP contribution in [0.25, 0.3) is 0 Å². The molecule has 0 aliphatic heterocycles. The predicted octanol–water partition coefficient (Wildman–Crippen LogP) is 2.94. The molecule has 0 spiro atoms. The number of hydrogen-bond donors (Lipinski definition) is 0. The largest absolute Gasteiger partial charge is 0.419 e. The van der Waals surface area contributed by atoms with Gasteiger partial charge in [0.25, 0.3) is 0 Å². The topological polar surface area (TPSA) is 17.1 Å². The third-order valence-electron chi connectivity index (χ3n) is 1.61. The van der Waals surface area contributed by atoms with Gasteiger partial charge in [0.15, 0.2) is 17.9 Å². The van der Waals surface area contributed by atoms with Gasteiger partial charge in [-0.3, -0.25) is 4.79 Å². The summed E-state index contributed by atoms with van der Waals surface area (Å²) in [6, 6.07) is -0.336. The molecular formula is C8H2F6O. The number of alkyl halides is 3. The molecule has 0 unspecified atom stereocenters. The Labute approximate surface area is 79.3 Å². The summed E-state index contributed by atoms with van der Waals surface area (Å²) in [7, 11) is 0. The van der Waals surface area contributed by atoms with Gasteiger partial charge in [-0.15, -0.1) is 0 Å². The second-order valence-electron chi connectivity index (χ2n) is 2.56. The van der Waals surface area contributed by atoms with Crippen LogP contribution in [0.5, 0.6) is 0 Å². The molecule has 0 saturated heterocycles. The molecule has 0 N–H and O–H groups in total. The van der Waals surface area contributed by atoms with Crippen LogP contribution in [0.4, 0.5) is 26.3 Å². The van der Waals surface area contributed by atoms with E-state index in [1.165, 1.54) is 0 Å². The van der Waals surface area contributed by atoms with Gasteiger partial charge in [-0.05, 0) is 6.07 Å². The Kier molecular flexibility index (Phi) is 2.74. The van der Waals surface area contributed by atoms with Crippen molar-refractivity contribution in [2.45, 2.75) is 6.18 Å². The Hall–Kier alpha value is -1.53. The first-order valence-corrected chi connectivity index (χ1v) is 3.49. The van der Waals surface area contributed by atoms with Crippen molar-refractivity contribution < 1.29 is 31.1 Å². The van der Waals surface area contributed by atoms with E-state index < -0.39 is 41.0 Å². The highest BCUT2D eigenvalue weighted by Crippen LogP contribution is 2.33. The molecule has 0 saturated carbocycles. The van der Waals surface area contributed by atoms with Crippen LogP contribution >= 0.6 is 0 Å². The Morgan fingerprint density at radius 1 is 1.07 bits per heavy atom. The Morgan fingerprint density at radius 2 is 1.60 bits per heavy atom. The fraction of sp³-hybridized carbons (Fsp3) is 0.125. The highest BCUT2D eigenvalue weighted by Gasteiger charge is 2.37. The van der Waals surface area contributed by atoms with Crippen molar-refractivity contribution in [2.75, 3.05) is 0 Å². The quantitative estimate of drug-likeness (QED) is 0.410. The van der Waals surface area contributed by atoms with Gasteiger partial charge in [0.05, 0.1) is 11.1 Å². The molecule has 0 fully saturated rings. The van der Waals surface area contributed by atoms with Crippen molar-refractivity contribution in [3.05, 3.63) is 34.6 Å². The minimum absolute atomic E-state index is 0.336. The van der Waals surface area contributed by atoms with E-state index >= 15 is 0 Å². The van der Waals surface area contributed by atoms with Crippen molar-refractivity contribution in [1.29, 1.82) is 0 Å². The van der Waals surface area contributed by atoms with E-state index in [2.05, 4.69) is 0 Å². The summed E-state index contributed by atoms with van der Waals surface area (Å²) < 4.78 is 74.1. The van der Waals surface area contributed by atoms with Crippen molar-refractivity contribution in [2.24, 2.45) is 0 Å². The van der Waals surface area contributed by atoms with Crippen LogP contribution in [0.1, 0.15) is 15.9 Å². The zero-order valence-corrected chi connectivity index (χ0v) is 6.83. The fourth-order valence-electron chi connectivity index (χ4n) is 0.933. The minimum atomic E-state index is -5.18. The number of aldehydes is 1. The van der Waals surface area contributed by atoms with Gasteiger partial charge in [0, 0.05) is 0 Å². The number of carbonyl (C=O) groups excluding carboxylic acids is 1. The Balaban J connectivity index is 3.58. The van der Waals surface area contributed by atoms with Crippen LogP contribution < -0.4 is 0 Å². The highest BCUT2D eigenvalue weighted by molar-refractivity contribution is 5.76. The molecule has 15 heavy (non-hydrogen) atoms. The monoisotopic (exact) mass is 228 g/mol. The molecule has 1 rings (SSSR count). The first-order valence-electron chi connectivity index (χ1n) is 3.49. The molecule has 0 atom stereocenters. The van der Waals surface area contributed by atoms with Gasteiger partial charge in [-0.2, -0.15) is 13.2 Å². The van der Waals surface area contributed by atoms with E-state index in [-0.39, 0.29) is 6.07 Å². The van der Waals surface area contributed by atoms with Gasteiger partial charge in [-0.25, -0.2) is 13.2 Å². The summed E-state index contributed by atoms with van der Waals surface area (Å²) in [6.45, 7) is 0. The zero-order valence-electron chi connectivity index (χ0n) is 6.83. The molecule has 0 aliphatic rings. The normalized spacial score (nSPS) is 11.6. The summed E-state index contributed by atoms with van der Waals surface area (Å²) >= 11 is 0. The lowest BCUT2D eigenvalue weighted by molar-refractivity contribution is -0.140. The third kappa shape index (κ3) is 1.95. The molecule has 1 aromatic carbocycles. The second kappa shape index (κ2) is 3.56. The average molecular weight is 228 g/mol. The molecule has 1 aromatic rings. The summed E-state index contributed by atoms with van der Waals surface area (Å²) in [5.74, 6) is -5.97. The minimum Gasteiger partial charge on any atom is -0.298 e. The van der Waals surface area contributed by atoms with Gasteiger partial charge in [0.1, 0.15) is 5.82 Å². The molecule has 0 radical (unpaired) electrons. The molecule has 0 bridgehead atoms. The van der Waals surface area contributed by atoms with Crippen molar-refractivity contribution in [3.63, 3.8) is 0 Å². The standard InChI is InChI=1S/C8H2F6O/c9-5-1-4(8(12,13)14)6(10)3(2-15)7(5)11/h1-2H. The first-order chi connectivity index (χ1) is 6.79. The van der Waals surface area contributed by atoms with Crippen LogP contribution in [-0.4, -0.2) is 6.29 Å². The van der Waals surface area contributed by atoms with Gasteiger partial charge in [0.2, 0.25) is 0 Å². The van der Waals surface area contributed by atoms with Crippen LogP contribution in [0.3, 0.4) is 0 Å². The lowest BCUT2D eigenvalue weighted by Gasteiger charge is -2.09. The summed E-state index contributed by atoms with van der Waals surface area (Å²) in [6.07, 6.45) is -5.70. The molecule has 0 amide bonds. The summed E-state index contributed by atoms with van der Waals surface area (Å²) in [5, 5.41) is 0. The molecule has 0 aliphatic carbocycles. The van der Waals surface area contributed by atoms with E-state index in [4.69, 9.17) is 0 Å². The number of halogens is 6. The SMILES string of the molecule is O=Cc1c(F)c(F)cc(C(F)(F)F)c1F. The van der Waals surface area contributed by atoms with Crippen LogP contribution in [0, 0.1) is 17.5 Å². The van der Waals surface area contributed by atoms with E-state index in [1.54, 1.807) is 0 Å². The van der Waals surface area contributed by atoms with Crippen molar-refractivity contribution in [1.82, 2.24) is 0 Å². The molecule has 7 heteroatoms. The van der Waals surface area contributed by atoms with Gasteiger partial charge in [-0.1, -0.05) is 0 Å². The highest BCUT2D eigenvalue weighted by atomic mass is 19.4.